The molecular weight excluding hydrogens is 597 g/mol. The summed E-state index contributed by atoms with van der Waals surface area (Å²) in [6, 6.07) is 3.93. The van der Waals surface area contributed by atoms with E-state index in [1.165, 1.54) is 24.2 Å². The van der Waals surface area contributed by atoms with E-state index in [4.69, 9.17) is 4.74 Å². The number of thiazole rings is 1. The van der Waals surface area contributed by atoms with Crippen LogP contribution in [0, 0.1) is 12.3 Å². The normalized spacial score (nSPS) is 22.1. The van der Waals surface area contributed by atoms with Crippen molar-refractivity contribution in [1.29, 1.82) is 0 Å². The van der Waals surface area contributed by atoms with Crippen molar-refractivity contribution in [3.05, 3.63) is 35.0 Å². The Morgan fingerprint density at radius 1 is 1.20 bits per heavy atom. The van der Waals surface area contributed by atoms with Gasteiger partial charge in [0.2, 0.25) is 11.8 Å². The zero-order valence-electron chi connectivity index (χ0n) is 26.7. The molecule has 0 bridgehead atoms. The molecule has 10 nitrogen and oxygen atoms in total. The number of aryl methyl sites for hydroxylation is 1. The van der Waals surface area contributed by atoms with E-state index in [1.54, 1.807) is 32.1 Å². The van der Waals surface area contributed by atoms with Crippen molar-refractivity contribution in [3.8, 4) is 16.2 Å². The number of carbonyl (C=O) groups is 3. The van der Waals surface area contributed by atoms with E-state index in [9.17, 15) is 23.9 Å². The molecule has 12 heteroatoms. The van der Waals surface area contributed by atoms with E-state index in [-0.39, 0.29) is 32.4 Å². The molecule has 1 saturated carbocycles. The van der Waals surface area contributed by atoms with E-state index in [0.717, 1.165) is 41.3 Å². The number of aliphatic hydroxyl groups is 1. The number of hydrogen-bond acceptors (Lipinski definition) is 8. The summed E-state index contributed by atoms with van der Waals surface area (Å²) in [5.74, 6) is -1.05. The number of piperidine rings is 1. The van der Waals surface area contributed by atoms with Crippen molar-refractivity contribution in [1.82, 2.24) is 25.4 Å². The summed E-state index contributed by atoms with van der Waals surface area (Å²) in [6.45, 7) is 10.9. The summed E-state index contributed by atoms with van der Waals surface area (Å²) in [7, 11) is 0. The van der Waals surface area contributed by atoms with Crippen molar-refractivity contribution < 1.29 is 28.6 Å². The molecule has 1 aromatic heterocycles. The predicted octanol–water partition coefficient (Wildman–Crippen LogP) is 3.59. The molecule has 5 rings (SSSR count). The zero-order valence-corrected chi connectivity index (χ0v) is 27.6. The number of nitrogens with zero attached hydrogens (tertiary/aromatic N) is 3. The Balaban J connectivity index is 1.28. The van der Waals surface area contributed by atoms with Gasteiger partial charge in [-0.25, -0.2) is 9.37 Å². The second-order valence-corrected chi connectivity index (χ2v) is 14.5. The van der Waals surface area contributed by atoms with Crippen LogP contribution in [-0.2, 0) is 20.9 Å². The number of amides is 3. The first-order valence-electron chi connectivity index (χ1n) is 16.0. The molecule has 3 heterocycles. The third-order valence-electron chi connectivity index (χ3n) is 8.99. The van der Waals surface area contributed by atoms with Gasteiger partial charge < -0.3 is 25.4 Å². The molecule has 3 fully saturated rings. The van der Waals surface area contributed by atoms with Gasteiger partial charge in [-0.15, -0.1) is 11.3 Å². The molecule has 0 spiro atoms. The summed E-state index contributed by atoms with van der Waals surface area (Å²) >= 11 is 1.56. The van der Waals surface area contributed by atoms with Gasteiger partial charge in [0.05, 0.1) is 22.2 Å². The van der Waals surface area contributed by atoms with Crippen LogP contribution in [-0.4, -0.2) is 94.3 Å². The number of likely N-dealkylation sites (tertiary alicyclic amines) is 2. The van der Waals surface area contributed by atoms with Crippen molar-refractivity contribution >= 4 is 29.1 Å². The smallest absolute Gasteiger partial charge is 0.258 e. The lowest BCUT2D eigenvalue weighted by atomic mass is 9.85. The molecule has 45 heavy (non-hydrogen) atoms. The van der Waals surface area contributed by atoms with Gasteiger partial charge in [-0.05, 0) is 62.7 Å². The van der Waals surface area contributed by atoms with Gasteiger partial charge >= 0.3 is 0 Å². The number of nitrogens with one attached hydrogen (secondary N) is 2. The second kappa shape index (κ2) is 13.7. The molecule has 246 valence electrons. The maximum absolute atomic E-state index is 14.5. The number of halogens is 1. The molecule has 1 aromatic carbocycles. The van der Waals surface area contributed by atoms with Crippen LogP contribution in [0.4, 0.5) is 4.39 Å². The highest BCUT2D eigenvalue weighted by atomic mass is 32.1. The molecule has 0 unspecified atom stereocenters. The average molecular weight is 644 g/mol. The van der Waals surface area contributed by atoms with Gasteiger partial charge in [0, 0.05) is 31.6 Å². The number of ether oxygens (including phenoxy) is 1. The number of carbonyl (C=O) groups excluding carboxylic acids is 3. The average Bonchev–Trinajstić information content (AvgIpc) is 3.41. The van der Waals surface area contributed by atoms with Crippen LogP contribution in [0.1, 0.15) is 70.6 Å². The molecule has 3 amide bonds. The topological polar surface area (TPSA) is 124 Å². The van der Waals surface area contributed by atoms with Crippen LogP contribution in [0.15, 0.2) is 23.7 Å². The first-order chi connectivity index (χ1) is 21.4. The lowest BCUT2D eigenvalue weighted by molar-refractivity contribution is -0.145. The Morgan fingerprint density at radius 2 is 1.93 bits per heavy atom. The monoisotopic (exact) mass is 643 g/mol. The van der Waals surface area contributed by atoms with Crippen LogP contribution in [0.25, 0.3) is 10.4 Å². The van der Waals surface area contributed by atoms with Crippen LogP contribution in [0.2, 0.25) is 0 Å². The lowest BCUT2D eigenvalue weighted by Gasteiger charge is -2.35. The third kappa shape index (κ3) is 8.01. The lowest BCUT2D eigenvalue weighted by Crippen LogP contribution is -2.59. The number of aliphatic hydroxyl groups excluding tert-OH is 1. The molecule has 3 aliphatic rings. The third-order valence-corrected chi connectivity index (χ3v) is 9.97. The van der Waals surface area contributed by atoms with Crippen molar-refractivity contribution in [2.45, 2.75) is 96.6 Å². The van der Waals surface area contributed by atoms with Gasteiger partial charge in [0.1, 0.15) is 24.4 Å². The van der Waals surface area contributed by atoms with Crippen molar-refractivity contribution in [3.63, 3.8) is 0 Å². The van der Waals surface area contributed by atoms with Gasteiger partial charge in [-0.1, -0.05) is 39.3 Å². The Bertz CT molecular complexity index is 1380. The SMILES string of the molecule is Cc1ncsc1-c1ccc(CNC(=O)[C@@H]2C[C@@H](O)CN2C(=O)[C@@H](NC(=O)C2(F)CC2)C(C)(C)C)c(OCCN2CCCCC2)c1. The number of aromatic nitrogens is 1. The van der Waals surface area contributed by atoms with Gasteiger partial charge in [-0.2, -0.15) is 0 Å². The fraction of sp³-hybridized carbons (Fsp3) is 0.636. The minimum Gasteiger partial charge on any atom is -0.492 e. The Kier molecular flexibility index (Phi) is 10.1. The van der Waals surface area contributed by atoms with E-state index in [1.807, 2.05) is 30.6 Å². The standard InChI is InChI=1S/C33H46FN5O5S/c1-21-27(45-20-36-21)22-8-9-23(26(16-22)44-15-14-38-12-6-5-7-13-38)18-35-29(41)25-17-24(40)19-39(25)30(42)28(32(2,3)4)37-31(43)33(34)10-11-33/h8-9,16,20,24-25,28,40H,5-7,10-15,17-19H2,1-4H3,(H,35,41)(H,37,43)/t24-,25+,28-/m1/s1. The highest BCUT2D eigenvalue weighted by molar-refractivity contribution is 7.13. The number of rotatable bonds is 11. The van der Waals surface area contributed by atoms with E-state index >= 15 is 0 Å². The molecule has 3 N–H and O–H groups in total. The molecule has 2 aromatic rings. The van der Waals surface area contributed by atoms with Crippen LogP contribution in [0.5, 0.6) is 5.75 Å². The van der Waals surface area contributed by atoms with Gasteiger partial charge in [-0.3, -0.25) is 19.3 Å². The number of benzene rings is 1. The molecule has 3 atom stereocenters. The molecule has 2 aliphatic heterocycles. The highest BCUT2D eigenvalue weighted by Crippen LogP contribution is 2.40. The minimum atomic E-state index is -1.94. The molecule has 0 radical (unpaired) electrons. The largest absolute Gasteiger partial charge is 0.492 e. The second-order valence-electron chi connectivity index (χ2n) is 13.7. The number of β-amino-alcohol motifs (C(OH)–C–C–N with tert-alkyl or cyclic N) is 1. The van der Waals surface area contributed by atoms with E-state index < -0.39 is 47.0 Å². The summed E-state index contributed by atoms with van der Waals surface area (Å²) in [5, 5.41) is 16.1. The van der Waals surface area contributed by atoms with E-state index in [0.29, 0.717) is 12.4 Å². The summed E-state index contributed by atoms with van der Waals surface area (Å²) < 4.78 is 20.8. The van der Waals surface area contributed by atoms with Crippen molar-refractivity contribution in [2.24, 2.45) is 5.41 Å². The Labute approximate surface area is 268 Å². The quantitative estimate of drug-likeness (QED) is 0.342. The molecule has 2 saturated heterocycles. The maximum atomic E-state index is 14.5. The van der Waals surface area contributed by atoms with Crippen LogP contribution in [0.3, 0.4) is 0 Å². The van der Waals surface area contributed by atoms with Gasteiger partial charge in [0.25, 0.3) is 5.91 Å². The van der Waals surface area contributed by atoms with Crippen molar-refractivity contribution in [2.75, 3.05) is 32.8 Å². The first-order valence-corrected chi connectivity index (χ1v) is 16.9. The van der Waals surface area contributed by atoms with Crippen LogP contribution >= 0.6 is 11.3 Å². The number of hydrogen-bond donors (Lipinski definition) is 3. The van der Waals surface area contributed by atoms with E-state index in [2.05, 4.69) is 20.5 Å². The van der Waals surface area contributed by atoms with Gasteiger partial charge in [0.15, 0.2) is 5.67 Å². The summed E-state index contributed by atoms with van der Waals surface area (Å²) in [4.78, 5) is 49.0. The number of alkyl halides is 1. The highest BCUT2D eigenvalue weighted by Gasteiger charge is 2.53. The minimum absolute atomic E-state index is 0.0477. The predicted molar refractivity (Wildman–Crippen MR) is 171 cm³/mol. The summed E-state index contributed by atoms with van der Waals surface area (Å²) in [6.07, 6.45) is 3.10. The Hall–Kier alpha value is -3.09. The summed E-state index contributed by atoms with van der Waals surface area (Å²) in [5.41, 5.74) is 1.86. The maximum Gasteiger partial charge on any atom is 0.258 e. The van der Waals surface area contributed by atoms with Crippen LogP contribution < -0.4 is 15.4 Å². The molecule has 1 aliphatic carbocycles. The fourth-order valence-corrected chi connectivity index (χ4v) is 6.84. The fourth-order valence-electron chi connectivity index (χ4n) is 6.04. The zero-order chi connectivity index (χ0) is 32.4. The first kappa shape index (κ1) is 33.3. The molecular formula is C33H46FN5O5S. The Morgan fingerprint density at radius 3 is 2.58 bits per heavy atom.